The molecule has 1 N–H and O–H groups in total. The van der Waals surface area contributed by atoms with E-state index in [-0.39, 0.29) is 23.8 Å². The SMILES string of the molecule is O=C(Cn1c(C(=O)c2cccc(F)c2)nc2ccccc21)NCCc1ccccc1. The molecule has 0 atom stereocenters. The minimum Gasteiger partial charge on any atom is -0.354 e. The van der Waals surface area contributed by atoms with Gasteiger partial charge in [0.25, 0.3) is 0 Å². The Morgan fingerprint density at radius 1 is 0.933 bits per heavy atom. The molecule has 4 rings (SSSR count). The fourth-order valence-electron chi connectivity index (χ4n) is 3.36. The minimum absolute atomic E-state index is 0.0499. The number of imidazole rings is 1. The van der Waals surface area contributed by atoms with Gasteiger partial charge in [-0.15, -0.1) is 0 Å². The summed E-state index contributed by atoms with van der Waals surface area (Å²) in [7, 11) is 0. The largest absolute Gasteiger partial charge is 0.354 e. The molecule has 0 aliphatic heterocycles. The van der Waals surface area contributed by atoms with Gasteiger partial charge in [-0.1, -0.05) is 54.6 Å². The lowest BCUT2D eigenvalue weighted by Crippen LogP contribution is -2.30. The van der Waals surface area contributed by atoms with E-state index in [9.17, 15) is 14.0 Å². The summed E-state index contributed by atoms with van der Waals surface area (Å²) in [5.41, 5.74) is 2.61. The van der Waals surface area contributed by atoms with Crippen LogP contribution in [0.1, 0.15) is 21.7 Å². The number of nitrogens with one attached hydrogen (secondary N) is 1. The van der Waals surface area contributed by atoms with Gasteiger partial charge in [-0.3, -0.25) is 9.59 Å². The lowest BCUT2D eigenvalue weighted by Gasteiger charge is -2.10. The molecule has 0 saturated carbocycles. The maximum absolute atomic E-state index is 13.6. The molecule has 1 amide bonds. The number of hydrogen-bond donors (Lipinski definition) is 1. The topological polar surface area (TPSA) is 64.0 Å². The monoisotopic (exact) mass is 401 g/mol. The number of carbonyl (C=O) groups is 2. The molecule has 0 saturated heterocycles. The van der Waals surface area contributed by atoms with Crippen molar-refractivity contribution in [3.63, 3.8) is 0 Å². The van der Waals surface area contributed by atoms with Crippen LogP contribution in [0.4, 0.5) is 4.39 Å². The molecule has 0 fully saturated rings. The smallest absolute Gasteiger partial charge is 0.240 e. The summed E-state index contributed by atoms with van der Waals surface area (Å²) >= 11 is 0. The van der Waals surface area contributed by atoms with Crippen LogP contribution in [0, 0.1) is 5.82 Å². The summed E-state index contributed by atoms with van der Waals surface area (Å²) in [5, 5.41) is 2.89. The molecule has 1 aromatic heterocycles. The van der Waals surface area contributed by atoms with E-state index < -0.39 is 11.6 Å². The Hall–Kier alpha value is -3.80. The number of ketones is 1. The Labute approximate surface area is 173 Å². The lowest BCUT2D eigenvalue weighted by molar-refractivity contribution is -0.121. The van der Waals surface area contributed by atoms with Gasteiger partial charge in [-0.05, 0) is 36.2 Å². The fraction of sp³-hybridized carbons (Fsp3) is 0.125. The summed E-state index contributed by atoms with van der Waals surface area (Å²) in [6.45, 7) is 0.439. The van der Waals surface area contributed by atoms with E-state index in [4.69, 9.17) is 0 Å². The number of hydrogen-bond acceptors (Lipinski definition) is 3. The van der Waals surface area contributed by atoms with Gasteiger partial charge in [0.1, 0.15) is 12.4 Å². The molecule has 3 aromatic carbocycles. The van der Waals surface area contributed by atoms with Gasteiger partial charge in [0.15, 0.2) is 5.82 Å². The van der Waals surface area contributed by atoms with Crippen molar-refractivity contribution >= 4 is 22.7 Å². The highest BCUT2D eigenvalue weighted by molar-refractivity contribution is 6.08. The van der Waals surface area contributed by atoms with E-state index in [0.717, 1.165) is 5.56 Å². The molecule has 30 heavy (non-hydrogen) atoms. The van der Waals surface area contributed by atoms with Crippen LogP contribution in [-0.4, -0.2) is 27.8 Å². The minimum atomic E-state index is -0.498. The van der Waals surface area contributed by atoms with Crippen molar-refractivity contribution in [1.29, 1.82) is 0 Å². The molecule has 0 aliphatic rings. The highest BCUT2D eigenvalue weighted by atomic mass is 19.1. The zero-order chi connectivity index (χ0) is 20.9. The predicted molar refractivity (Wildman–Crippen MR) is 113 cm³/mol. The second-order valence-electron chi connectivity index (χ2n) is 6.94. The second kappa shape index (κ2) is 8.69. The first kappa shape index (κ1) is 19.5. The second-order valence-corrected chi connectivity index (χ2v) is 6.94. The molecule has 1 heterocycles. The summed E-state index contributed by atoms with van der Waals surface area (Å²) in [5.74, 6) is -1.03. The molecule has 4 aromatic rings. The number of aromatic nitrogens is 2. The third kappa shape index (κ3) is 4.27. The molecule has 6 heteroatoms. The van der Waals surface area contributed by atoms with Crippen molar-refractivity contribution in [1.82, 2.24) is 14.9 Å². The van der Waals surface area contributed by atoms with Gasteiger partial charge >= 0.3 is 0 Å². The van der Waals surface area contributed by atoms with Crippen molar-refractivity contribution in [3.8, 4) is 0 Å². The van der Waals surface area contributed by atoms with Crippen LogP contribution in [0.5, 0.6) is 0 Å². The third-order valence-electron chi connectivity index (χ3n) is 4.82. The number of carbonyl (C=O) groups excluding carboxylic acids is 2. The molecule has 150 valence electrons. The summed E-state index contributed by atoms with van der Waals surface area (Å²) in [6.07, 6.45) is 0.715. The van der Waals surface area contributed by atoms with Gasteiger partial charge < -0.3 is 9.88 Å². The Balaban J connectivity index is 1.56. The van der Waals surface area contributed by atoms with E-state index in [0.29, 0.717) is 24.0 Å². The molecule has 5 nitrogen and oxygen atoms in total. The van der Waals surface area contributed by atoms with Gasteiger partial charge in [0.2, 0.25) is 11.7 Å². The predicted octanol–water partition coefficient (Wildman–Crippen LogP) is 3.77. The van der Waals surface area contributed by atoms with E-state index in [1.54, 1.807) is 10.6 Å². The van der Waals surface area contributed by atoms with Crippen molar-refractivity contribution in [2.24, 2.45) is 0 Å². The lowest BCUT2D eigenvalue weighted by atomic mass is 10.1. The Kier molecular flexibility index (Phi) is 5.66. The van der Waals surface area contributed by atoms with Crippen molar-refractivity contribution in [2.75, 3.05) is 6.54 Å². The number of fused-ring (bicyclic) bond motifs is 1. The van der Waals surface area contributed by atoms with Gasteiger partial charge in [-0.25, -0.2) is 9.37 Å². The number of amides is 1. The molecule has 0 spiro atoms. The normalized spacial score (nSPS) is 10.8. The summed E-state index contributed by atoms with van der Waals surface area (Å²) < 4.78 is 15.2. The molecule has 0 radical (unpaired) electrons. The average Bonchev–Trinajstić information content (AvgIpc) is 3.12. The average molecular weight is 401 g/mol. The first-order valence-electron chi connectivity index (χ1n) is 9.68. The number of para-hydroxylation sites is 2. The molecule has 0 aliphatic carbocycles. The van der Waals surface area contributed by atoms with Crippen LogP contribution < -0.4 is 5.32 Å². The number of halogens is 1. The van der Waals surface area contributed by atoms with Crippen molar-refractivity contribution in [3.05, 3.63) is 102 Å². The van der Waals surface area contributed by atoms with Crippen molar-refractivity contribution in [2.45, 2.75) is 13.0 Å². The highest BCUT2D eigenvalue weighted by Gasteiger charge is 2.21. The number of rotatable bonds is 7. The standard InChI is InChI=1S/C24H20FN3O2/c25-19-10-6-9-18(15-19)23(30)24-27-20-11-4-5-12-21(20)28(24)16-22(29)26-14-13-17-7-2-1-3-8-17/h1-12,15H,13-14,16H2,(H,26,29). The molecule has 0 bridgehead atoms. The molecular weight excluding hydrogens is 381 g/mol. The van der Waals surface area contributed by atoms with E-state index in [1.165, 1.54) is 24.3 Å². The molecule has 0 unspecified atom stereocenters. The highest BCUT2D eigenvalue weighted by Crippen LogP contribution is 2.19. The van der Waals surface area contributed by atoms with E-state index >= 15 is 0 Å². The van der Waals surface area contributed by atoms with Gasteiger partial charge in [0.05, 0.1) is 11.0 Å². The Morgan fingerprint density at radius 2 is 1.70 bits per heavy atom. The van der Waals surface area contributed by atoms with Gasteiger partial charge in [0, 0.05) is 12.1 Å². The summed E-state index contributed by atoms with van der Waals surface area (Å²) in [4.78, 5) is 30.0. The first-order chi connectivity index (χ1) is 14.6. The quantitative estimate of drug-likeness (QED) is 0.480. The third-order valence-corrected chi connectivity index (χ3v) is 4.82. The van der Waals surface area contributed by atoms with Crippen LogP contribution in [0.15, 0.2) is 78.9 Å². The van der Waals surface area contributed by atoms with Crippen LogP contribution in [-0.2, 0) is 17.8 Å². The zero-order valence-electron chi connectivity index (χ0n) is 16.2. The van der Waals surface area contributed by atoms with Crippen LogP contribution >= 0.6 is 0 Å². The first-order valence-corrected chi connectivity index (χ1v) is 9.68. The van der Waals surface area contributed by atoms with Crippen LogP contribution in [0.3, 0.4) is 0 Å². The summed E-state index contributed by atoms with van der Waals surface area (Å²) in [6, 6.07) is 22.6. The molecular formula is C24H20FN3O2. The van der Waals surface area contributed by atoms with Crippen LogP contribution in [0.25, 0.3) is 11.0 Å². The fourth-order valence-corrected chi connectivity index (χ4v) is 3.36. The number of benzene rings is 3. The number of nitrogens with zero attached hydrogens (tertiary/aromatic N) is 2. The van der Waals surface area contributed by atoms with E-state index in [2.05, 4.69) is 10.3 Å². The van der Waals surface area contributed by atoms with E-state index in [1.807, 2.05) is 48.5 Å². The zero-order valence-corrected chi connectivity index (χ0v) is 16.2. The van der Waals surface area contributed by atoms with Crippen LogP contribution in [0.2, 0.25) is 0 Å². The maximum Gasteiger partial charge on any atom is 0.240 e. The van der Waals surface area contributed by atoms with Gasteiger partial charge in [-0.2, -0.15) is 0 Å². The van der Waals surface area contributed by atoms with Crippen molar-refractivity contribution < 1.29 is 14.0 Å². The Bertz CT molecular complexity index is 1200. The maximum atomic E-state index is 13.6. The Morgan fingerprint density at radius 3 is 2.50 bits per heavy atom.